The Labute approximate surface area is 367 Å². The number of likely N-dealkylation sites (tertiary alicyclic amines) is 5. The van der Waals surface area contributed by atoms with Gasteiger partial charge in [0.2, 0.25) is 47.3 Å². The highest BCUT2D eigenvalue weighted by Gasteiger charge is 2.48. The van der Waals surface area contributed by atoms with Crippen molar-refractivity contribution in [3.63, 3.8) is 0 Å². The van der Waals surface area contributed by atoms with Crippen LogP contribution in [0.1, 0.15) is 97.8 Å². The number of rotatable bonds is 17. The van der Waals surface area contributed by atoms with E-state index in [1.165, 1.54) is 31.4 Å². The number of hydrogen-bond acceptors (Lipinski definition) is 11. The molecule has 8 atom stereocenters. The third kappa shape index (κ3) is 11.5. The minimum absolute atomic E-state index is 0.0974. The molecule has 5 fully saturated rings. The molecule has 5 aliphatic rings. The van der Waals surface area contributed by atoms with Gasteiger partial charge in [0, 0.05) is 39.3 Å². The minimum Gasteiger partial charge on any atom is -0.480 e. The molecule has 63 heavy (non-hydrogen) atoms. The first kappa shape index (κ1) is 48.5. The molecule has 8 amide bonds. The fraction of sp³-hybridized carbons (Fsp3) is 0.756. The molecule has 0 radical (unpaired) electrons. The van der Waals surface area contributed by atoms with Crippen LogP contribution in [0.2, 0.25) is 0 Å². The number of hydrogen-bond donors (Lipinski definition) is 8. The molecule has 0 bridgehead atoms. The molecule has 0 unspecified atom stereocenters. The summed E-state index contributed by atoms with van der Waals surface area (Å²) in [4.78, 5) is 128. The summed E-state index contributed by atoms with van der Waals surface area (Å²) < 4.78 is 0. The second-order valence-electron chi connectivity index (χ2n) is 17.6. The van der Waals surface area contributed by atoms with Crippen LogP contribution in [0.15, 0.2) is 0 Å². The summed E-state index contributed by atoms with van der Waals surface area (Å²) in [5.41, 5.74) is 11.4. The smallest absolute Gasteiger partial charge is 0.326 e. The van der Waals surface area contributed by atoms with Gasteiger partial charge in [0.15, 0.2) is 5.96 Å². The van der Waals surface area contributed by atoms with Crippen molar-refractivity contribution in [3.8, 4) is 0 Å². The number of nitrogens with two attached hydrogens (primary N) is 2. The van der Waals surface area contributed by atoms with Gasteiger partial charge in [-0.15, -0.1) is 0 Å². The molecule has 10 N–H and O–H groups in total. The maximum atomic E-state index is 14.3. The number of aliphatic carboxylic acids is 1. The maximum Gasteiger partial charge on any atom is 0.326 e. The Morgan fingerprint density at radius 2 is 1.08 bits per heavy atom. The fourth-order valence-electron chi connectivity index (χ4n) is 9.47. The van der Waals surface area contributed by atoms with Gasteiger partial charge in [0.25, 0.3) is 0 Å². The highest BCUT2D eigenvalue weighted by Crippen LogP contribution is 2.31. The third-order valence-electron chi connectivity index (χ3n) is 12.9. The Bertz CT molecular complexity index is 1780. The lowest BCUT2D eigenvalue weighted by atomic mass is 10.0. The molecule has 0 aromatic rings. The van der Waals surface area contributed by atoms with Gasteiger partial charge in [0.1, 0.15) is 42.3 Å². The Kier molecular flexibility index (Phi) is 16.7. The van der Waals surface area contributed by atoms with E-state index in [1.807, 2.05) is 0 Å². The molecule has 22 nitrogen and oxygen atoms in total. The average molecular weight is 887 g/mol. The molecule has 350 valence electrons. The summed E-state index contributed by atoms with van der Waals surface area (Å²) >= 11 is 0. The monoisotopic (exact) mass is 887 g/mol. The van der Waals surface area contributed by atoms with E-state index in [2.05, 4.69) is 21.3 Å². The van der Waals surface area contributed by atoms with Crippen LogP contribution in [0.5, 0.6) is 0 Å². The SMILES string of the molecule is CC(C)[C@H](N)C(=O)N[C@@H](C)C(=O)N1CCC[C@H]1C(=O)NCC(=O)N[C@@H](CCCNC(=N)N)C(=O)N1CCC[C@H]1C(=O)N1CCC[C@H]1C(=O)N1CCC[C@H]1C(=O)N1CCC[C@H]1C(=O)O. The van der Waals surface area contributed by atoms with Crippen LogP contribution in [0.4, 0.5) is 0 Å². The third-order valence-corrected chi connectivity index (χ3v) is 12.9. The first-order valence-electron chi connectivity index (χ1n) is 22.4. The van der Waals surface area contributed by atoms with E-state index in [-0.39, 0.29) is 50.4 Å². The van der Waals surface area contributed by atoms with Gasteiger partial charge in [-0.1, -0.05) is 13.8 Å². The lowest BCUT2D eigenvalue weighted by Gasteiger charge is -2.35. The molecular formula is C41H66N12O10. The van der Waals surface area contributed by atoms with Crippen molar-refractivity contribution in [3.05, 3.63) is 0 Å². The molecule has 0 spiro atoms. The number of carboxylic acid groups (broad SMARTS) is 1. The fourth-order valence-corrected chi connectivity index (χ4v) is 9.47. The molecule has 5 aliphatic heterocycles. The summed E-state index contributed by atoms with van der Waals surface area (Å²) in [5.74, 6) is -5.42. The van der Waals surface area contributed by atoms with Crippen LogP contribution in [0, 0.1) is 11.3 Å². The molecule has 0 aliphatic carbocycles. The van der Waals surface area contributed by atoms with Gasteiger partial charge in [0.05, 0.1) is 12.6 Å². The normalized spacial score (nSPS) is 24.8. The average Bonchev–Trinajstić information content (AvgIpc) is 4.11. The van der Waals surface area contributed by atoms with E-state index >= 15 is 0 Å². The van der Waals surface area contributed by atoms with E-state index in [0.29, 0.717) is 83.7 Å². The molecule has 5 rings (SSSR count). The number of guanidine groups is 1. The van der Waals surface area contributed by atoms with E-state index in [4.69, 9.17) is 16.9 Å². The summed E-state index contributed by atoms with van der Waals surface area (Å²) in [6, 6.07) is -7.30. The van der Waals surface area contributed by atoms with Gasteiger partial charge in [-0.25, -0.2) is 4.79 Å². The highest BCUT2D eigenvalue weighted by molar-refractivity contribution is 5.98. The standard InChI is InChI=1S/C41H66N12O10/c1-23(2)32(42)34(56)47-24(3)35(57)49-17-5-11-26(49)33(55)46-22-31(54)48-25(10-4-16-45-41(43)44)36(58)50-18-6-12-27(50)37(59)51-19-7-13-28(51)38(60)52-20-8-14-29(52)39(61)53-21-9-15-30(53)40(62)63/h23-30,32H,4-22,42H2,1-3H3,(H,46,55)(H,47,56)(H,48,54)(H,62,63)(H4,43,44,45)/t24-,25-,26-,27-,28-,29-,30-,32-/m0/s1. The zero-order chi connectivity index (χ0) is 46.1. The Morgan fingerprint density at radius 1 is 0.635 bits per heavy atom. The molecule has 5 saturated heterocycles. The Hall–Kier alpha value is -5.54. The van der Waals surface area contributed by atoms with Gasteiger partial charge in [-0.05, 0) is 89.9 Å². The molecule has 0 aromatic heterocycles. The number of amides is 8. The topological polar surface area (TPSA) is 314 Å². The van der Waals surface area contributed by atoms with Crippen molar-refractivity contribution in [2.24, 2.45) is 17.4 Å². The molecule has 0 aromatic carbocycles. The molecule has 0 saturated carbocycles. The van der Waals surface area contributed by atoms with Gasteiger partial charge >= 0.3 is 5.97 Å². The van der Waals surface area contributed by atoms with Crippen LogP contribution < -0.4 is 32.7 Å². The van der Waals surface area contributed by atoms with Crippen molar-refractivity contribution in [1.29, 1.82) is 5.41 Å². The lowest BCUT2D eigenvalue weighted by molar-refractivity contribution is -0.154. The number of carbonyl (C=O) groups excluding carboxylic acids is 8. The number of nitrogens with one attached hydrogen (secondary N) is 5. The van der Waals surface area contributed by atoms with Gasteiger partial charge in [-0.2, -0.15) is 0 Å². The summed E-state index contributed by atoms with van der Waals surface area (Å²) in [6.45, 7) is 6.15. The number of carbonyl (C=O) groups is 9. The summed E-state index contributed by atoms with van der Waals surface area (Å²) in [7, 11) is 0. The summed E-state index contributed by atoms with van der Waals surface area (Å²) in [5, 5.41) is 27.7. The lowest BCUT2D eigenvalue weighted by Crippen LogP contribution is -2.58. The molecular weight excluding hydrogens is 821 g/mol. The Balaban J connectivity index is 1.21. The van der Waals surface area contributed by atoms with Crippen molar-refractivity contribution in [1.82, 2.24) is 45.8 Å². The van der Waals surface area contributed by atoms with Crippen LogP contribution in [-0.4, -0.2) is 183 Å². The first-order chi connectivity index (χ1) is 29.9. The first-order valence-corrected chi connectivity index (χ1v) is 22.4. The van der Waals surface area contributed by atoms with Crippen LogP contribution in [0.3, 0.4) is 0 Å². The predicted octanol–water partition coefficient (Wildman–Crippen LogP) is -2.62. The number of nitrogens with zero attached hydrogens (tertiary/aromatic N) is 5. The van der Waals surface area contributed by atoms with Crippen LogP contribution >= 0.6 is 0 Å². The molecule has 22 heteroatoms. The van der Waals surface area contributed by atoms with Crippen LogP contribution in [0.25, 0.3) is 0 Å². The van der Waals surface area contributed by atoms with Crippen molar-refractivity contribution in [2.45, 2.75) is 146 Å². The van der Waals surface area contributed by atoms with E-state index < -0.39 is 102 Å². The number of carboxylic acids is 1. The predicted molar refractivity (Wildman–Crippen MR) is 226 cm³/mol. The zero-order valence-corrected chi connectivity index (χ0v) is 36.6. The van der Waals surface area contributed by atoms with Gasteiger partial charge < -0.3 is 62.3 Å². The largest absolute Gasteiger partial charge is 0.480 e. The van der Waals surface area contributed by atoms with Crippen molar-refractivity contribution in [2.75, 3.05) is 45.8 Å². The highest BCUT2D eigenvalue weighted by atomic mass is 16.4. The van der Waals surface area contributed by atoms with Gasteiger partial charge in [-0.3, -0.25) is 43.8 Å². The quantitative estimate of drug-likeness (QED) is 0.0422. The zero-order valence-electron chi connectivity index (χ0n) is 36.6. The second-order valence-corrected chi connectivity index (χ2v) is 17.6. The van der Waals surface area contributed by atoms with Crippen LogP contribution in [-0.2, 0) is 43.2 Å². The maximum absolute atomic E-state index is 14.3. The van der Waals surface area contributed by atoms with E-state index in [0.717, 1.165) is 0 Å². The minimum atomic E-state index is -1.13. The Morgan fingerprint density at radius 3 is 1.57 bits per heavy atom. The van der Waals surface area contributed by atoms with E-state index in [1.54, 1.807) is 13.8 Å². The van der Waals surface area contributed by atoms with Crippen molar-refractivity contribution < 1.29 is 48.3 Å². The van der Waals surface area contributed by atoms with Crippen molar-refractivity contribution >= 4 is 59.2 Å². The second kappa shape index (κ2) is 21.7. The summed E-state index contributed by atoms with van der Waals surface area (Å²) in [6.07, 6.45) is 4.84. The van der Waals surface area contributed by atoms with E-state index in [9.17, 15) is 48.3 Å². The molecule has 5 heterocycles.